The van der Waals surface area contributed by atoms with E-state index in [-0.39, 0.29) is 0 Å². The lowest BCUT2D eigenvalue weighted by molar-refractivity contribution is 0.756. The van der Waals surface area contributed by atoms with Crippen molar-refractivity contribution in [2.75, 3.05) is 12.3 Å². The Kier molecular flexibility index (Phi) is 3.59. The molecular weight excluding hydrogens is 206 g/mol. The number of hydrogen-bond acceptors (Lipinski definition) is 4. The zero-order valence-electron chi connectivity index (χ0n) is 9.12. The van der Waals surface area contributed by atoms with Gasteiger partial charge in [-0.2, -0.15) is 11.8 Å². The number of nitrogens with zero attached hydrogens (tertiary/aromatic N) is 2. The molecule has 0 spiro atoms. The fourth-order valence-electron chi connectivity index (χ4n) is 1.83. The van der Waals surface area contributed by atoms with Crippen LogP contribution < -0.4 is 5.73 Å². The van der Waals surface area contributed by atoms with Crippen molar-refractivity contribution in [1.29, 1.82) is 0 Å². The van der Waals surface area contributed by atoms with Crippen molar-refractivity contribution in [1.82, 2.24) is 9.97 Å². The third-order valence-electron chi connectivity index (χ3n) is 2.68. The molecule has 0 atom stereocenters. The van der Waals surface area contributed by atoms with Crippen LogP contribution in [0.2, 0.25) is 0 Å². The van der Waals surface area contributed by atoms with Crippen LogP contribution >= 0.6 is 11.8 Å². The van der Waals surface area contributed by atoms with Crippen LogP contribution in [0.4, 0.5) is 0 Å². The molecule has 1 aliphatic heterocycles. The van der Waals surface area contributed by atoms with E-state index in [0.29, 0.717) is 0 Å². The number of fused-ring (bicyclic) bond motifs is 1. The number of nitrogens with two attached hydrogens (primary N) is 1. The summed E-state index contributed by atoms with van der Waals surface area (Å²) >= 11 is 1.98. The average Bonchev–Trinajstić information content (AvgIpc) is 2.26. The van der Waals surface area contributed by atoms with E-state index in [0.717, 1.165) is 37.4 Å². The van der Waals surface area contributed by atoms with Gasteiger partial charge < -0.3 is 5.73 Å². The molecule has 0 saturated carbocycles. The number of rotatable bonds is 3. The standard InChI is InChI=1S/C11H17N3S/c1-8-9-7-15-6-4-10(9)14-11(13-8)3-2-5-12/h2-7,12H2,1H3. The predicted molar refractivity (Wildman–Crippen MR) is 64.0 cm³/mol. The molecule has 1 aromatic heterocycles. The lowest BCUT2D eigenvalue weighted by Crippen LogP contribution is -2.12. The highest BCUT2D eigenvalue weighted by Crippen LogP contribution is 2.25. The molecule has 1 aliphatic rings. The van der Waals surface area contributed by atoms with E-state index in [4.69, 9.17) is 5.73 Å². The molecule has 15 heavy (non-hydrogen) atoms. The number of hydrogen-bond donors (Lipinski definition) is 1. The van der Waals surface area contributed by atoms with Crippen LogP contribution in [0, 0.1) is 6.92 Å². The molecule has 2 heterocycles. The molecule has 2 N–H and O–H groups in total. The Morgan fingerprint density at radius 2 is 2.27 bits per heavy atom. The maximum absolute atomic E-state index is 5.49. The molecule has 3 nitrogen and oxygen atoms in total. The molecule has 0 amide bonds. The van der Waals surface area contributed by atoms with Crippen molar-refractivity contribution in [2.45, 2.75) is 31.9 Å². The quantitative estimate of drug-likeness (QED) is 0.843. The van der Waals surface area contributed by atoms with Crippen LogP contribution in [0.5, 0.6) is 0 Å². The van der Waals surface area contributed by atoms with Crippen molar-refractivity contribution in [3.63, 3.8) is 0 Å². The van der Waals surface area contributed by atoms with Crippen molar-refractivity contribution < 1.29 is 0 Å². The van der Waals surface area contributed by atoms with Gasteiger partial charge in [0.2, 0.25) is 0 Å². The Balaban J connectivity index is 2.24. The summed E-state index contributed by atoms with van der Waals surface area (Å²) < 4.78 is 0. The van der Waals surface area contributed by atoms with Gasteiger partial charge in [-0.1, -0.05) is 0 Å². The normalized spacial score (nSPS) is 15.1. The third-order valence-corrected chi connectivity index (χ3v) is 3.67. The highest BCUT2D eigenvalue weighted by Gasteiger charge is 2.15. The van der Waals surface area contributed by atoms with Gasteiger partial charge in [-0.25, -0.2) is 9.97 Å². The lowest BCUT2D eigenvalue weighted by atomic mass is 10.1. The monoisotopic (exact) mass is 223 g/mol. The number of aromatic nitrogens is 2. The minimum atomic E-state index is 0.718. The van der Waals surface area contributed by atoms with Gasteiger partial charge >= 0.3 is 0 Å². The van der Waals surface area contributed by atoms with E-state index in [2.05, 4.69) is 16.9 Å². The lowest BCUT2D eigenvalue weighted by Gasteiger charge is -2.17. The molecule has 0 aromatic carbocycles. The van der Waals surface area contributed by atoms with Crippen LogP contribution in [0.25, 0.3) is 0 Å². The van der Waals surface area contributed by atoms with Gasteiger partial charge in [-0.3, -0.25) is 0 Å². The minimum absolute atomic E-state index is 0.718. The average molecular weight is 223 g/mol. The van der Waals surface area contributed by atoms with Gasteiger partial charge in [0.1, 0.15) is 5.82 Å². The molecule has 0 aliphatic carbocycles. The first-order chi connectivity index (χ1) is 7.31. The topological polar surface area (TPSA) is 51.8 Å². The van der Waals surface area contributed by atoms with Crippen molar-refractivity contribution in [3.8, 4) is 0 Å². The number of aryl methyl sites for hydroxylation is 3. The van der Waals surface area contributed by atoms with Crippen molar-refractivity contribution >= 4 is 11.8 Å². The first kappa shape index (κ1) is 10.9. The van der Waals surface area contributed by atoms with Gasteiger partial charge in [0.15, 0.2) is 0 Å². The molecule has 2 rings (SSSR count). The summed E-state index contributed by atoms with van der Waals surface area (Å²) in [7, 11) is 0. The maximum atomic E-state index is 5.49. The smallest absolute Gasteiger partial charge is 0.128 e. The van der Waals surface area contributed by atoms with E-state index < -0.39 is 0 Å². The zero-order valence-corrected chi connectivity index (χ0v) is 9.94. The largest absolute Gasteiger partial charge is 0.330 e. The molecule has 0 radical (unpaired) electrons. The molecule has 4 heteroatoms. The second-order valence-corrected chi connectivity index (χ2v) is 4.95. The summed E-state index contributed by atoms with van der Waals surface area (Å²) in [5, 5.41) is 0. The molecule has 0 fully saturated rings. The van der Waals surface area contributed by atoms with Gasteiger partial charge in [0.05, 0.1) is 0 Å². The van der Waals surface area contributed by atoms with Crippen LogP contribution in [0.1, 0.15) is 29.2 Å². The van der Waals surface area contributed by atoms with Crippen molar-refractivity contribution in [3.05, 3.63) is 22.8 Å². The number of thioether (sulfide) groups is 1. The van der Waals surface area contributed by atoms with Gasteiger partial charge in [0, 0.05) is 29.1 Å². The Morgan fingerprint density at radius 1 is 1.40 bits per heavy atom. The SMILES string of the molecule is Cc1nc(CCCN)nc2c1CSCC2. The zero-order chi connectivity index (χ0) is 10.7. The molecule has 0 bridgehead atoms. The summed E-state index contributed by atoms with van der Waals surface area (Å²) in [5.41, 5.74) is 9.29. The van der Waals surface area contributed by atoms with Gasteiger partial charge in [0.25, 0.3) is 0 Å². The first-order valence-corrected chi connectivity index (χ1v) is 6.60. The van der Waals surface area contributed by atoms with E-state index in [9.17, 15) is 0 Å². The Bertz CT molecular complexity index is 352. The molecule has 82 valence electrons. The molecular formula is C11H17N3S. The molecule has 0 unspecified atom stereocenters. The predicted octanol–water partition coefficient (Wildman–Crippen LogP) is 1.47. The summed E-state index contributed by atoms with van der Waals surface area (Å²) in [6.45, 7) is 2.81. The van der Waals surface area contributed by atoms with Crippen LogP contribution in [0.15, 0.2) is 0 Å². The maximum Gasteiger partial charge on any atom is 0.128 e. The van der Waals surface area contributed by atoms with Gasteiger partial charge in [-0.05, 0) is 32.1 Å². The van der Waals surface area contributed by atoms with Gasteiger partial charge in [-0.15, -0.1) is 0 Å². The van der Waals surface area contributed by atoms with Crippen LogP contribution in [-0.4, -0.2) is 22.3 Å². The van der Waals surface area contributed by atoms with Crippen LogP contribution in [0.3, 0.4) is 0 Å². The Hall–Kier alpha value is -0.610. The Morgan fingerprint density at radius 3 is 3.07 bits per heavy atom. The summed E-state index contributed by atoms with van der Waals surface area (Å²) in [6, 6.07) is 0. The van der Waals surface area contributed by atoms with Crippen LogP contribution in [-0.2, 0) is 18.6 Å². The summed E-state index contributed by atoms with van der Waals surface area (Å²) in [4.78, 5) is 9.18. The van der Waals surface area contributed by atoms with Crippen molar-refractivity contribution in [2.24, 2.45) is 5.73 Å². The molecule has 1 aromatic rings. The van der Waals surface area contributed by atoms with E-state index in [1.54, 1.807) is 0 Å². The second-order valence-electron chi connectivity index (χ2n) is 3.85. The highest BCUT2D eigenvalue weighted by atomic mass is 32.2. The first-order valence-electron chi connectivity index (χ1n) is 5.44. The minimum Gasteiger partial charge on any atom is -0.330 e. The summed E-state index contributed by atoms with van der Waals surface area (Å²) in [6.07, 6.45) is 2.99. The highest BCUT2D eigenvalue weighted by molar-refractivity contribution is 7.98. The molecule has 0 saturated heterocycles. The summed E-state index contributed by atoms with van der Waals surface area (Å²) in [5.74, 6) is 3.25. The fraction of sp³-hybridized carbons (Fsp3) is 0.636. The Labute approximate surface area is 94.9 Å². The van der Waals surface area contributed by atoms with E-state index >= 15 is 0 Å². The van der Waals surface area contributed by atoms with E-state index in [1.807, 2.05) is 11.8 Å². The van der Waals surface area contributed by atoms with E-state index in [1.165, 1.54) is 22.7 Å². The fourth-order valence-corrected chi connectivity index (χ4v) is 2.89. The third kappa shape index (κ3) is 2.49. The second kappa shape index (κ2) is 4.94.